The first-order valence-electron chi connectivity index (χ1n) is 6.21. The molecule has 7 nitrogen and oxygen atoms in total. The van der Waals surface area contributed by atoms with E-state index in [9.17, 15) is 5.11 Å². The second kappa shape index (κ2) is 5.68. The summed E-state index contributed by atoms with van der Waals surface area (Å²) in [5.74, 6) is 0.768. The zero-order chi connectivity index (χ0) is 14.7. The summed E-state index contributed by atoms with van der Waals surface area (Å²) in [6, 6.07) is 10.7. The average Bonchev–Trinajstić information content (AvgIpc) is 3.05. The summed E-state index contributed by atoms with van der Waals surface area (Å²) in [6.45, 7) is 0. The third kappa shape index (κ3) is 2.72. The Hall–Kier alpha value is -2.80. The molecule has 2 heterocycles. The van der Waals surface area contributed by atoms with Gasteiger partial charge in [-0.05, 0) is 5.56 Å². The van der Waals surface area contributed by atoms with Gasteiger partial charge in [-0.15, -0.1) is 0 Å². The summed E-state index contributed by atoms with van der Waals surface area (Å²) in [5.41, 5.74) is 1.13. The van der Waals surface area contributed by atoms with E-state index < -0.39 is 6.10 Å². The van der Waals surface area contributed by atoms with Crippen molar-refractivity contribution in [2.45, 2.75) is 6.10 Å². The van der Waals surface area contributed by atoms with Crippen molar-refractivity contribution >= 4 is 0 Å². The molecule has 21 heavy (non-hydrogen) atoms. The van der Waals surface area contributed by atoms with Crippen LogP contribution >= 0.6 is 0 Å². The summed E-state index contributed by atoms with van der Waals surface area (Å²) >= 11 is 0. The molecule has 1 N–H and O–H groups in total. The van der Waals surface area contributed by atoms with Crippen molar-refractivity contribution in [3.63, 3.8) is 0 Å². The van der Waals surface area contributed by atoms with Crippen molar-refractivity contribution in [1.29, 1.82) is 0 Å². The highest BCUT2D eigenvalue weighted by Crippen LogP contribution is 2.23. The Morgan fingerprint density at radius 3 is 2.76 bits per heavy atom. The molecule has 2 aromatic heterocycles. The smallest absolute Gasteiger partial charge is 0.260 e. The molecule has 1 atom stereocenters. The predicted octanol–water partition coefficient (Wildman–Crippen LogP) is 1.62. The van der Waals surface area contributed by atoms with Crippen LogP contribution in [0.5, 0.6) is 5.88 Å². The molecule has 1 unspecified atom stereocenters. The van der Waals surface area contributed by atoms with Crippen molar-refractivity contribution < 1.29 is 14.4 Å². The molecule has 0 bridgehead atoms. The SMILES string of the molecule is COc1cc(-c2noc(C(O)c3ccccc3)n2)ncn1. The maximum absolute atomic E-state index is 10.2. The topological polar surface area (TPSA) is 94.2 Å². The number of rotatable bonds is 4. The summed E-state index contributed by atoms with van der Waals surface area (Å²) in [7, 11) is 1.51. The van der Waals surface area contributed by atoms with Crippen LogP contribution in [0.3, 0.4) is 0 Å². The van der Waals surface area contributed by atoms with Gasteiger partial charge in [-0.2, -0.15) is 4.98 Å². The highest BCUT2D eigenvalue weighted by Gasteiger charge is 2.19. The van der Waals surface area contributed by atoms with E-state index in [2.05, 4.69) is 20.1 Å². The molecule has 0 saturated heterocycles. The van der Waals surface area contributed by atoms with Crippen LogP contribution in [0, 0.1) is 0 Å². The fourth-order valence-corrected chi connectivity index (χ4v) is 1.80. The van der Waals surface area contributed by atoms with Crippen LogP contribution in [-0.2, 0) is 0 Å². The maximum atomic E-state index is 10.2. The van der Waals surface area contributed by atoms with Crippen LogP contribution in [0.4, 0.5) is 0 Å². The van der Waals surface area contributed by atoms with E-state index in [1.807, 2.05) is 18.2 Å². The first kappa shape index (κ1) is 13.2. The predicted molar refractivity (Wildman–Crippen MR) is 72.4 cm³/mol. The third-order valence-electron chi connectivity index (χ3n) is 2.87. The molecular formula is C14H12N4O3. The molecule has 106 valence electrons. The number of aromatic nitrogens is 4. The molecule has 0 aliphatic carbocycles. The number of ether oxygens (including phenoxy) is 1. The van der Waals surface area contributed by atoms with Gasteiger partial charge in [0.15, 0.2) is 6.10 Å². The Morgan fingerprint density at radius 1 is 1.19 bits per heavy atom. The van der Waals surface area contributed by atoms with E-state index in [1.165, 1.54) is 13.4 Å². The molecular weight excluding hydrogens is 272 g/mol. The lowest BCUT2D eigenvalue weighted by atomic mass is 10.1. The maximum Gasteiger partial charge on any atom is 0.260 e. The number of methoxy groups -OCH3 is 1. The fraction of sp³-hybridized carbons (Fsp3) is 0.143. The van der Waals surface area contributed by atoms with Gasteiger partial charge in [-0.1, -0.05) is 35.5 Å². The second-order valence-electron chi connectivity index (χ2n) is 4.22. The molecule has 0 amide bonds. The quantitative estimate of drug-likeness (QED) is 0.777. The molecule has 0 aliphatic heterocycles. The van der Waals surface area contributed by atoms with Crippen LogP contribution in [0.25, 0.3) is 11.5 Å². The molecule has 0 saturated carbocycles. The summed E-state index contributed by atoms with van der Waals surface area (Å²) in [6.07, 6.45) is 0.369. The molecule has 0 radical (unpaired) electrons. The Balaban J connectivity index is 1.89. The number of aliphatic hydroxyl groups is 1. The van der Waals surface area contributed by atoms with E-state index >= 15 is 0 Å². The minimum Gasteiger partial charge on any atom is -0.481 e. The lowest BCUT2D eigenvalue weighted by molar-refractivity contribution is 0.170. The standard InChI is InChI=1S/C14H12N4O3/c1-20-11-7-10(15-8-16-11)13-17-14(21-18-13)12(19)9-5-3-2-4-6-9/h2-8,12,19H,1H3. The Morgan fingerprint density at radius 2 is 2.00 bits per heavy atom. The number of nitrogens with zero attached hydrogens (tertiary/aromatic N) is 4. The Bertz CT molecular complexity index is 730. The monoisotopic (exact) mass is 284 g/mol. The normalized spacial score (nSPS) is 12.1. The van der Waals surface area contributed by atoms with Gasteiger partial charge in [0.25, 0.3) is 5.89 Å². The Kier molecular flexibility index (Phi) is 3.57. The van der Waals surface area contributed by atoms with Gasteiger partial charge in [-0.3, -0.25) is 0 Å². The molecule has 0 fully saturated rings. The van der Waals surface area contributed by atoms with Gasteiger partial charge in [0.1, 0.15) is 12.0 Å². The van der Waals surface area contributed by atoms with Crippen LogP contribution in [0.2, 0.25) is 0 Å². The zero-order valence-corrected chi connectivity index (χ0v) is 11.2. The zero-order valence-electron chi connectivity index (χ0n) is 11.2. The first-order valence-corrected chi connectivity index (χ1v) is 6.21. The summed E-state index contributed by atoms with van der Waals surface area (Å²) < 4.78 is 10.1. The fourth-order valence-electron chi connectivity index (χ4n) is 1.80. The van der Waals surface area contributed by atoms with Crippen molar-refractivity contribution in [3.05, 3.63) is 54.2 Å². The highest BCUT2D eigenvalue weighted by atomic mass is 16.5. The van der Waals surface area contributed by atoms with E-state index in [-0.39, 0.29) is 11.7 Å². The largest absolute Gasteiger partial charge is 0.481 e. The molecule has 3 rings (SSSR count). The number of aliphatic hydroxyl groups excluding tert-OH is 1. The molecule has 0 spiro atoms. The van der Waals surface area contributed by atoms with Crippen molar-refractivity contribution in [2.75, 3.05) is 7.11 Å². The van der Waals surface area contributed by atoms with E-state index in [0.29, 0.717) is 17.1 Å². The van der Waals surface area contributed by atoms with Gasteiger partial charge in [0.05, 0.1) is 7.11 Å². The second-order valence-corrected chi connectivity index (χ2v) is 4.22. The van der Waals surface area contributed by atoms with E-state index in [1.54, 1.807) is 18.2 Å². The third-order valence-corrected chi connectivity index (χ3v) is 2.87. The minimum absolute atomic E-state index is 0.105. The van der Waals surface area contributed by atoms with Gasteiger partial charge in [0.2, 0.25) is 11.7 Å². The highest BCUT2D eigenvalue weighted by molar-refractivity contribution is 5.49. The van der Waals surface area contributed by atoms with E-state index in [4.69, 9.17) is 9.26 Å². The lowest BCUT2D eigenvalue weighted by Crippen LogP contribution is -1.99. The first-order chi connectivity index (χ1) is 10.3. The van der Waals surface area contributed by atoms with Crippen molar-refractivity contribution in [2.24, 2.45) is 0 Å². The van der Waals surface area contributed by atoms with E-state index in [0.717, 1.165) is 0 Å². The number of benzene rings is 1. The summed E-state index contributed by atoms with van der Waals surface area (Å²) in [5, 5.41) is 14.0. The molecule has 3 aromatic rings. The number of hydrogen-bond acceptors (Lipinski definition) is 7. The Labute approximate surface area is 120 Å². The lowest BCUT2D eigenvalue weighted by Gasteiger charge is -2.04. The van der Waals surface area contributed by atoms with Crippen LogP contribution in [0.15, 0.2) is 47.2 Å². The van der Waals surface area contributed by atoms with Crippen LogP contribution in [0.1, 0.15) is 17.6 Å². The molecule has 1 aromatic carbocycles. The number of hydrogen-bond donors (Lipinski definition) is 1. The van der Waals surface area contributed by atoms with Crippen LogP contribution in [-0.4, -0.2) is 32.3 Å². The van der Waals surface area contributed by atoms with Crippen molar-refractivity contribution in [1.82, 2.24) is 20.1 Å². The van der Waals surface area contributed by atoms with Crippen molar-refractivity contribution in [3.8, 4) is 17.4 Å². The molecule has 0 aliphatic rings. The van der Waals surface area contributed by atoms with Crippen LogP contribution < -0.4 is 4.74 Å². The van der Waals surface area contributed by atoms with Gasteiger partial charge in [-0.25, -0.2) is 9.97 Å². The van der Waals surface area contributed by atoms with Gasteiger partial charge < -0.3 is 14.4 Å². The van der Waals surface area contributed by atoms with Gasteiger partial charge in [0, 0.05) is 6.07 Å². The average molecular weight is 284 g/mol. The van der Waals surface area contributed by atoms with Gasteiger partial charge >= 0.3 is 0 Å². The summed E-state index contributed by atoms with van der Waals surface area (Å²) in [4.78, 5) is 12.1. The molecule has 7 heteroatoms. The minimum atomic E-state index is -0.976.